The molecular weight excluding hydrogens is 620 g/mol. The highest BCUT2D eigenvalue weighted by molar-refractivity contribution is 5.88. The first-order valence-corrected chi connectivity index (χ1v) is 16.2. The average Bonchev–Trinajstić information content (AvgIpc) is 3.49. The summed E-state index contributed by atoms with van der Waals surface area (Å²) in [6.45, 7) is 6.42. The number of carbonyl (C=O) groups is 3. The van der Waals surface area contributed by atoms with Crippen molar-refractivity contribution in [3.8, 4) is 0 Å². The molecule has 0 aromatic carbocycles. The lowest BCUT2D eigenvalue weighted by Gasteiger charge is -2.65. The van der Waals surface area contributed by atoms with Crippen LogP contribution in [0.5, 0.6) is 0 Å². The second-order valence-electron chi connectivity index (χ2n) is 15.0. The molecule has 8 rings (SSSR count). The van der Waals surface area contributed by atoms with Crippen molar-refractivity contribution in [2.24, 2.45) is 34.0 Å². The van der Waals surface area contributed by atoms with Crippen molar-refractivity contribution in [3.05, 3.63) is 24.0 Å². The van der Waals surface area contributed by atoms with E-state index in [1.165, 1.54) is 20.5 Å². The average molecular weight is 663 g/mol. The number of epoxide rings is 1. The third kappa shape index (κ3) is 3.20. The molecule has 4 saturated heterocycles. The first kappa shape index (κ1) is 31.7. The fourth-order valence-corrected chi connectivity index (χ4v) is 11.7. The molecule has 16 atom stereocenters. The Hall–Kier alpha value is -2.59. The zero-order valence-corrected chi connectivity index (χ0v) is 27.2. The molecule has 7 fully saturated rings. The third-order valence-corrected chi connectivity index (χ3v) is 13.8. The Kier molecular flexibility index (Phi) is 6.44. The molecule has 3 N–H and O–H groups in total. The van der Waals surface area contributed by atoms with Crippen LogP contribution in [0.1, 0.15) is 40.5 Å². The summed E-state index contributed by atoms with van der Waals surface area (Å²) in [6, 6.07) is 0. The number of ether oxygens (including phenoxy) is 8. The van der Waals surface area contributed by atoms with Gasteiger partial charge in [-0.3, -0.25) is 4.79 Å². The summed E-state index contributed by atoms with van der Waals surface area (Å²) in [6.07, 6.45) is -3.30. The van der Waals surface area contributed by atoms with E-state index in [0.29, 0.717) is 12.0 Å². The fraction of sp³-hybridized carbons (Fsp3) is 0.788. The molecule has 3 saturated carbocycles. The lowest BCUT2D eigenvalue weighted by Crippen LogP contribution is -2.77. The van der Waals surface area contributed by atoms with E-state index >= 15 is 0 Å². The number of fused-ring (bicyclic) bond motifs is 7. The molecule has 0 aromatic heterocycles. The minimum atomic E-state index is -1.66. The first-order chi connectivity index (χ1) is 22.2. The summed E-state index contributed by atoms with van der Waals surface area (Å²) in [5.41, 5.74) is -8.08. The fourth-order valence-electron chi connectivity index (χ4n) is 11.7. The molecule has 0 aromatic rings. The molecule has 47 heavy (non-hydrogen) atoms. The van der Waals surface area contributed by atoms with Gasteiger partial charge in [-0.25, -0.2) is 9.59 Å². The van der Waals surface area contributed by atoms with Gasteiger partial charge in [0.25, 0.3) is 0 Å². The van der Waals surface area contributed by atoms with Gasteiger partial charge in [-0.2, -0.15) is 0 Å². The van der Waals surface area contributed by atoms with E-state index in [9.17, 15) is 29.7 Å². The number of hydrogen-bond acceptors (Lipinski definition) is 14. The van der Waals surface area contributed by atoms with Crippen molar-refractivity contribution in [1.29, 1.82) is 0 Å². The van der Waals surface area contributed by atoms with Crippen molar-refractivity contribution in [2.75, 3.05) is 27.4 Å². The Bertz CT molecular complexity index is 1490. The van der Waals surface area contributed by atoms with Gasteiger partial charge in [-0.05, 0) is 33.3 Å². The Balaban J connectivity index is 1.32. The van der Waals surface area contributed by atoms with E-state index in [-0.39, 0.29) is 19.6 Å². The zero-order chi connectivity index (χ0) is 33.7. The topological polar surface area (TPSA) is 189 Å². The summed E-state index contributed by atoms with van der Waals surface area (Å²) < 4.78 is 48.0. The van der Waals surface area contributed by atoms with Gasteiger partial charge in [0.15, 0.2) is 11.7 Å². The van der Waals surface area contributed by atoms with Gasteiger partial charge in [0, 0.05) is 40.6 Å². The van der Waals surface area contributed by atoms with Gasteiger partial charge in [-0.1, -0.05) is 13.0 Å². The maximum Gasteiger partial charge on any atom is 0.335 e. The van der Waals surface area contributed by atoms with Gasteiger partial charge in [0.05, 0.1) is 58.1 Å². The lowest BCUT2D eigenvalue weighted by molar-refractivity contribution is -0.295. The molecule has 14 nitrogen and oxygen atoms in total. The summed E-state index contributed by atoms with van der Waals surface area (Å²) in [7, 11) is 2.45. The van der Waals surface area contributed by atoms with Crippen LogP contribution in [0.15, 0.2) is 24.0 Å². The number of esters is 3. The van der Waals surface area contributed by atoms with Crippen LogP contribution >= 0.6 is 0 Å². The zero-order valence-electron chi connectivity index (χ0n) is 27.2. The number of hydrogen-bond donors (Lipinski definition) is 3. The van der Waals surface area contributed by atoms with E-state index in [2.05, 4.69) is 0 Å². The van der Waals surface area contributed by atoms with Crippen LogP contribution in [-0.4, -0.2) is 120 Å². The molecule has 1 spiro atoms. The second kappa shape index (κ2) is 9.55. The Labute approximate surface area is 271 Å². The van der Waals surface area contributed by atoms with Gasteiger partial charge in [-0.15, -0.1) is 0 Å². The molecule has 5 aliphatic heterocycles. The smallest absolute Gasteiger partial charge is 0.335 e. The maximum atomic E-state index is 14.0. The number of allylic oxidation sites excluding steroid dienone is 1. The van der Waals surface area contributed by atoms with Gasteiger partial charge in [0.2, 0.25) is 6.29 Å². The van der Waals surface area contributed by atoms with Crippen molar-refractivity contribution in [1.82, 2.24) is 0 Å². The molecule has 0 amide bonds. The van der Waals surface area contributed by atoms with E-state index in [0.717, 1.165) is 0 Å². The summed E-state index contributed by atoms with van der Waals surface area (Å²) >= 11 is 0. The highest BCUT2D eigenvalue weighted by Gasteiger charge is 2.95. The molecule has 2 bridgehead atoms. The van der Waals surface area contributed by atoms with Crippen LogP contribution in [0.2, 0.25) is 0 Å². The molecular formula is C33H42O14. The summed E-state index contributed by atoms with van der Waals surface area (Å²) in [5, 5.41) is 36.9. The minimum absolute atomic E-state index is 0.196. The quantitative estimate of drug-likeness (QED) is 0.153. The SMILES string of the molecule is C/C=C(\C)C(=O)O[C@@H]1C[C@H](O)[C@]23CO[C@H](C(=O)OC)[C@H]2[C@](C)([C@]24O[C@@]2(C)[C@H]2C[C@@H]4O[C@@H]4OC=C[C@@]42O)[C@H](O)[C@@H]2OC[C@@]1(C(=O)OC)[C@H]23. The molecule has 0 unspecified atom stereocenters. The summed E-state index contributed by atoms with van der Waals surface area (Å²) in [4.78, 5) is 40.8. The van der Waals surface area contributed by atoms with Crippen LogP contribution in [-0.2, 0) is 52.3 Å². The van der Waals surface area contributed by atoms with Crippen molar-refractivity contribution >= 4 is 17.9 Å². The van der Waals surface area contributed by atoms with Crippen LogP contribution in [0.4, 0.5) is 0 Å². The molecule has 3 aliphatic carbocycles. The Morgan fingerprint density at radius 3 is 2.45 bits per heavy atom. The molecule has 5 heterocycles. The highest BCUT2D eigenvalue weighted by atomic mass is 16.7. The first-order valence-electron chi connectivity index (χ1n) is 16.2. The largest absolute Gasteiger partial charge is 0.469 e. The normalized spacial score (nSPS) is 56.1. The minimum Gasteiger partial charge on any atom is -0.469 e. The van der Waals surface area contributed by atoms with Crippen molar-refractivity contribution < 1.29 is 67.6 Å². The lowest BCUT2D eigenvalue weighted by atomic mass is 9.38. The van der Waals surface area contributed by atoms with Gasteiger partial charge >= 0.3 is 17.9 Å². The number of aliphatic hydroxyl groups is 3. The second-order valence-corrected chi connectivity index (χ2v) is 15.0. The van der Waals surface area contributed by atoms with Crippen LogP contribution in [0.25, 0.3) is 0 Å². The van der Waals surface area contributed by atoms with E-state index in [1.807, 2.05) is 6.92 Å². The van der Waals surface area contributed by atoms with Crippen LogP contribution in [0.3, 0.4) is 0 Å². The molecule has 0 radical (unpaired) electrons. The molecule has 258 valence electrons. The Morgan fingerprint density at radius 1 is 1.02 bits per heavy atom. The predicted molar refractivity (Wildman–Crippen MR) is 154 cm³/mol. The highest BCUT2D eigenvalue weighted by Crippen LogP contribution is 2.82. The third-order valence-electron chi connectivity index (χ3n) is 13.8. The van der Waals surface area contributed by atoms with Crippen molar-refractivity contribution in [2.45, 2.75) is 100 Å². The molecule has 14 heteroatoms. The van der Waals surface area contributed by atoms with Crippen molar-refractivity contribution in [3.63, 3.8) is 0 Å². The van der Waals surface area contributed by atoms with Gasteiger partial charge in [0.1, 0.15) is 22.7 Å². The predicted octanol–water partition coefficient (Wildman–Crippen LogP) is -0.0939. The van der Waals surface area contributed by atoms with E-state index in [1.54, 1.807) is 32.9 Å². The Morgan fingerprint density at radius 2 is 1.77 bits per heavy atom. The van der Waals surface area contributed by atoms with Crippen LogP contribution < -0.4 is 0 Å². The summed E-state index contributed by atoms with van der Waals surface area (Å²) in [5.74, 6) is -4.66. The maximum absolute atomic E-state index is 14.0. The number of carbonyl (C=O) groups excluding carboxylic acids is 3. The van der Waals surface area contributed by atoms with E-state index < -0.39 is 112 Å². The number of methoxy groups -OCH3 is 2. The van der Waals surface area contributed by atoms with Crippen LogP contribution in [0, 0.1) is 34.0 Å². The van der Waals surface area contributed by atoms with Gasteiger partial charge < -0.3 is 53.2 Å². The van der Waals surface area contributed by atoms with E-state index in [4.69, 9.17) is 37.9 Å². The monoisotopic (exact) mass is 662 g/mol. The molecule has 8 aliphatic rings. The standard InChI is InChI=1S/C33H42O14/c1-7-14(2)24(36)45-17-11-16(34)30-12-44-20(25(37)40-5)21(30)28(3,23(35)19-22(30)31(17,13-43-19)26(38)41-6)33-18-10-15(29(33,4)47-33)32(39)8-9-42-27(32)46-18/h7-9,15-23,27,34-35,39H,10-13H2,1-6H3/b14-7+/t15-,16+,17-,18+,19-,20+,21+,22-,23-,27+,28+,29+,30-,31+,32+,33+/m1/s1. The number of rotatable bonds is 5. The number of aliphatic hydroxyl groups excluding tert-OH is 2.